The first kappa shape index (κ1) is 18.0. The Bertz CT molecular complexity index is 1030. The van der Waals surface area contributed by atoms with Gasteiger partial charge in [0, 0.05) is 46.6 Å². The second kappa shape index (κ2) is 7.18. The number of nitro groups is 1. The Morgan fingerprint density at radius 3 is 2.50 bits per heavy atom. The van der Waals surface area contributed by atoms with Gasteiger partial charge < -0.3 is 9.30 Å². The number of methoxy groups -OCH3 is 1. The fraction of sp³-hybridized carbons (Fsp3) is 0.211. The summed E-state index contributed by atoms with van der Waals surface area (Å²) in [6, 6.07) is 12.5. The molecule has 0 aliphatic heterocycles. The summed E-state index contributed by atoms with van der Waals surface area (Å²) in [5.41, 5.74) is 3.97. The molecule has 132 valence electrons. The number of halogens is 1. The number of fused-ring (bicyclic) bond motifs is 1. The molecule has 0 atom stereocenters. The Labute approximate surface area is 158 Å². The van der Waals surface area contributed by atoms with Gasteiger partial charge in [-0.05, 0) is 25.1 Å². The number of aryl methyl sites for hydroxylation is 1. The molecule has 0 aliphatic carbocycles. The number of nitrogens with zero attached hydrogens (tertiary/aromatic N) is 3. The number of non-ortho nitro benzene ring substituents is 1. The minimum atomic E-state index is -0.433. The van der Waals surface area contributed by atoms with Gasteiger partial charge in [-0.2, -0.15) is 5.26 Å². The zero-order valence-electron chi connectivity index (χ0n) is 14.3. The Kier molecular flexibility index (Phi) is 4.96. The molecule has 6 nitrogen and oxygen atoms in total. The van der Waals surface area contributed by atoms with Crippen LogP contribution in [0.4, 0.5) is 5.69 Å². The molecule has 1 aromatic heterocycles. The van der Waals surface area contributed by atoms with Crippen LogP contribution in [0.5, 0.6) is 5.75 Å². The fourth-order valence-corrected chi connectivity index (χ4v) is 3.64. The third-order valence-corrected chi connectivity index (χ3v) is 4.99. The lowest BCUT2D eigenvalue weighted by molar-refractivity contribution is -0.384. The minimum absolute atomic E-state index is 0.0228. The summed E-state index contributed by atoms with van der Waals surface area (Å²) in [5, 5.41) is 22.2. The lowest BCUT2D eigenvalue weighted by Gasteiger charge is -2.10. The normalized spacial score (nSPS) is 10.7. The van der Waals surface area contributed by atoms with Gasteiger partial charge in [0.25, 0.3) is 5.69 Å². The largest absolute Gasteiger partial charge is 0.496 e. The predicted octanol–water partition coefficient (Wildman–Crippen LogP) is 5.01. The molecule has 3 rings (SSSR count). The molecule has 0 saturated carbocycles. The first-order valence-electron chi connectivity index (χ1n) is 7.99. The Hall–Kier alpha value is -2.85. The summed E-state index contributed by atoms with van der Waals surface area (Å²) >= 11 is 3.46. The highest BCUT2D eigenvalue weighted by Gasteiger charge is 2.20. The van der Waals surface area contributed by atoms with Crippen molar-refractivity contribution in [3.63, 3.8) is 0 Å². The number of aromatic nitrogens is 1. The lowest BCUT2D eigenvalue weighted by atomic mass is 10.0. The minimum Gasteiger partial charge on any atom is -0.496 e. The van der Waals surface area contributed by atoms with Crippen LogP contribution in [-0.2, 0) is 11.9 Å². The van der Waals surface area contributed by atoms with E-state index in [0.717, 1.165) is 33.5 Å². The summed E-state index contributed by atoms with van der Waals surface area (Å²) in [6.07, 6.45) is 0. The van der Waals surface area contributed by atoms with E-state index in [1.807, 2.05) is 23.6 Å². The van der Waals surface area contributed by atoms with Gasteiger partial charge in [0.1, 0.15) is 11.8 Å². The van der Waals surface area contributed by atoms with Gasteiger partial charge in [-0.1, -0.05) is 15.9 Å². The van der Waals surface area contributed by atoms with Crippen molar-refractivity contribution in [2.24, 2.45) is 0 Å². The number of hydrogen-bond donors (Lipinski definition) is 0. The highest BCUT2D eigenvalue weighted by atomic mass is 79.9. The van der Waals surface area contributed by atoms with Crippen LogP contribution in [0.1, 0.15) is 18.1 Å². The number of ether oxygens (including phenoxy) is 1. The van der Waals surface area contributed by atoms with Gasteiger partial charge in [0.15, 0.2) is 0 Å². The topological polar surface area (TPSA) is 81.1 Å². The van der Waals surface area contributed by atoms with Crippen molar-refractivity contribution in [3.8, 4) is 23.1 Å². The maximum absolute atomic E-state index is 10.9. The Morgan fingerprint density at radius 1 is 1.31 bits per heavy atom. The molecule has 0 unspecified atom stereocenters. The average Bonchev–Trinajstić information content (AvgIpc) is 2.98. The monoisotopic (exact) mass is 413 g/mol. The van der Waals surface area contributed by atoms with Crippen LogP contribution in [0.3, 0.4) is 0 Å². The molecule has 0 spiro atoms. The van der Waals surface area contributed by atoms with Crippen LogP contribution in [0.15, 0.2) is 36.4 Å². The van der Waals surface area contributed by atoms with Crippen molar-refractivity contribution in [2.75, 3.05) is 7.11 Å². The third kappa shape index (κ3) is 2.82. The van der Waals surface area contributed by atoms with Gasteiger partial charge in [0.2, 0.25) is 0 Å². The van der Waals surface area contributed by atoms with E-state index >= 15 is 0 Å². The van der Waals surface area contributed by atoms with E-state index < -0.39 is 4.92 Å². The SMILES string of the molecule is CCn1c(-c2ccc([N+](=O)[O-])cc2)c(C#N)c2cc(CBr)c(OC)cc21. The van der Waals surface area contributed by atoms with Gasteiger partial charge in [-0.25, -0.2) is 0 Å². The van der Waals surface area contributed by atoms with Gasteiger partial charge >= 0.3 is 0 Å². The van der Waals surface area contributed by atoms with Crippen LogP contribution >= 0.6 is 15.9 Å². The Morgan fingerprint density at radius 2 is 2.00 bits per heavy atom. The quantitative estimate of drug-likeness (QED) is 0.334. The van der Waals surface area contributed by atoms with E-state index in [-0.39, 0.29) is 5.69 Å². The van der Waals surface area contributed by atoms with Crippen LogP contribution in [0, 0.1) is 21.4 Å². The number of nitro benzene ring substituents is 1. The molecular formula is C19H16BrN3O3. The first-order valence-corrected chi connectivity index (χ1v) is 9.11. The van der Waals surface area contributed by atoms with Crippen LogP contribution < -0.4 is 4.74 Å². The van der Waals surface area contributed by atoms with Crippen molar-refractivity contribution in [3.05, 3.63) is 57.6 Å². The number of nitriles is 1. The number of alkyl halides is 1. The van der Waals surface area contributed by atoms with Crippen molar-refractivity contribution >= 4 is 32.5 Å². The molecule has 1 heterocycles. The average molecular weight is 414 g/mol. The summed E-state index contributed by atoms with van der Waals surface area (Å²) in [6.45, 7) is 2.65. The highest BCUT2D eigenvalue weighted by molar-refractivity contribution is 9.08. The summed E-state index contributed by atoms with van der Waals surface area (Å²) in [4.78, 5) is 10.5. The van der Waals surface area contributed by atoms with Gasteiger partial charge in [-0.15, -0.1) is 0 Å². The van der Waals surface area contributed by atoms with Crippen molar-refractivity contribution < 1.29 is 9.66 Å². The zero-order valence-corrected chi connectivity index (χ0v) is 15.9. The molecule has 0 aliphatic rings. The predicted molar refractivity (Wildman–Crippen MR) is 104 cm³/mol. The van der Waals surface area contributed by atoms with Crippen LogP contribution in [-0.4, -0.2) is 16.6 Å². The van der Waals surface area contributed by atoms with Crippen LogP contribution in [0.2, 0.25) is 0 Å². The molecule has 7 heteroatoms. The van der Waals surface area contributed by atoms with E-state index in [2.05, 4.69) is 22.0 Å². The Balaban J connectivity index is 2.34. The highest BCUT2D eigenvalue weighted by Crippen LogP contribution is 2.37. The fourth-order valence-electron chi connectivity index (χ4n) is 3.20. The van der Waals surface area contributed by atoms with Gasteiger partial charge in [0.05, 0.1) is 28.8 Å². The molecule has 2 aromatic carbocycles. The molecule has 0 bridgehead atoms. The van der Waals surface area contributed by atoms with Crippen molar-refractivity contribution in [2.45, 2.75) is 18.8 Å². The summed E-state index contributed by atoms with van der Waals surface area (Å²) in [5.74, 6) is 0.751. The lowest BCUT2D eigenvalue weighted by Crippen LogP contribution is -1.98. The number of rotatable bonds is 5. The molecule has 0 amide bonds. The molecule has 0 N–H and O–H groups in total. The van der Waals surface area contributed by atoms with E-state index in [1.165, 1.54) is 12.1 Å². The number of benzene rings is 2. The molecule has 0 fully saturated rings. The van der Waals surface area contributed by atoms with Crippen molar-refractivity contribution in [1.82, 2.24) is 4.57 Å². The summed E-state index contributed by atoms with van der Waals surface area (Å²) in [7, 11) is 1.62. The molecule has 0 saturated heterocycles. The first-order chi connectivity index (χ1) is 12.5. The van der Waals surface area contributed by atoms with E-state index in [0.29, 0.717) is 17.4 Å². The van der Waals surface area contributed by atoms with Crippen molar-refractivity contribution in [1.29, 1.82) is 5.26 Å². The smallest absolute Gasteiger partial charge is 0.269 e. The molecular weight excluding hydrogens is 398 g/mol. The molecule has 0 radical (unpaired) electrons. The maximum Gasteiger partial charge on any atom is 0.269 e. The second-order valence-corrected chi connectivity index (χ2v) is 6.26. The van der Waals surface area contributed by atoms with E-state index in [9.17, 15) is 15.4 Å². The third-order valence-electron chi connectivity index (χ3n) is 4.39. The standard InChI is InChI=1S/C19H16BrN3O3/c1-3-22-17-9-18(26-2)13(10-20)8-15(17)16(11-21)19(22)12-4-6-14(7-5-12)23(24)25/h4-9H,3,10H2,1-2H3. The van der Waals surface area contributed by atoms with Crippen LogP contribution in [0.25, 0.3) is 22.2 Å². The number of hydrogen-bond acceptors (Lipinski definition) is 4. The molecule has 26 heavy (non-hydrogen) atoms. The molecule has 3 aromatic rings. The van der Waals surface area contributed by atoms with E-state index in [1.54, 1.807) is 19.2 Å². The zero-order chi connectivity index (χ0) is 18.8. The second-order valence-electron chi connectivity index (χ2n) is 5.70. The maximum atomic E-state index is 10.9. The van der Waals surface area contributed by atoms with Gasteiger partial charge in [-0.3, -0.25) is 10.1 Å². The summed E-state index contributed by atoms with van der Waals surface area (Å²) < 4.78 is 7.51. The van der Waals surface area contributed by atoms with E-state index in [4.69, 9.17) is 4.74 Å².